The van der Waals surface area contributed by atoms with Gasteiger partial charge in [0.25, 0.3) is 0 Å². The van der Waals surface area contributed by atoms with Crippen LogP contribution < -0.4 is 131 Å². The van der Waals surface area contributed by atoms with Crippen LogP contribution in [-0.2, 0) is 6.61 Å². The molecular formula is C59H80N30O8. The molecule has 6 heterocycles. The average Bonchev–Trinajstić information content (AvgIpc) is 1.04. The number of anilines is 18. The molecular weight excluding hydrogens is 1260 g/mol. The second kappa shape index (κ2) is 36.5. The molecule has 0 saturated heterocycles. The highest BCUT2D eigenvalue weighted by molar-refractivity contribution is 5.71. The molecule has 514 valence electrons. The standard InChI is InChI=1S/4C11H13N5O.C8H15N5O2.C7H13N5O2/c1-6-2-4-7(5-3-6)17-10-8(12)9(13)15-11(14)16-10;1-6-3-2-4-7(5-6)17-10-8(12)9(13)15-11(14)16-10;1-6-4-2-3-5-7(6)17-10-8(12)9(13)15-11(14)16-10;12-8-9(13)15-11(14)16-10(8)17-6-7-4-2-1-3-5-7;1-11-6-5(9)7(13-8(10)12-6)15-4-2-3-14;1-10-5-4(8)6(14-3-2-13)12-7(9)11-5/h3*2-5H,12H2,1H3,(H4,13,14,15,16);1-5H,6,12H2,(H4,13,14,15,16);14H,2-4,9H2,1H3,(H3,10,11,12,13);13H,2-3,8H2,1H3,(H3,9,10,11,12). The SMILES string of the molecule is CNc1nc(N)nc(OCCCO)c1N.CNc1nc(N)nc(OCCO)c1N.Cc1ccc(Oc2nc(N)nc(N)c2N)cc1.Cc1cccc(Oc2nc(N)nc(N)c2N)c1.Cc1ccccc1Oc1nc(N)nc(N)c1N.Nc1nc(N)c(N)c(OCc2ccccc2)n1. The van der Waals surface area contributed by atoms with Crippen LogP contribution in [0.5, 0.6) is 52.5 Å². The monoisotopic (exact) mass is 1340 g/mol. The first-order valence-corrected chi connectivity index (χ1v) is 28.6. The first-order chi connectivity index (χ1) is 46.2. The summed E-state index contributed by atoms with van der Waals surface area (Å²) in [5.74, 6) is 4.58. The van der Waals surface area contributed by atoms with Gasteiger partial charge in [0.05, 0.1) is 13.2 Å². The molecule has 0 saturated carbocycles. The molecule has 0 aliphatic carbocycles. The van der Waals surface area contributed by atoms with Gasteiger partial charge >= 0.3 is 0 Å². The van der Waals surface area contributed by atoms with Crippen LogP contribution >= 0.6 is 0 Å². The summed E-state index contributed by atoms with van der Waals surface area (Å²) in [4.78, 5) is 45.9. The van der Waals surface area contributed by atoms with Crippen LogP contribution in [0.1, 0.15) is 28.7 Å². The smallest absolute Gasteiger partial charge is 0.249 e. The Hall–Kier alpha value is -13.5. The Morgan fingerprint density at radius 3 is 1.20 bits per heavy atom. The van der Waals surface area contributed by atoms with E-state index in [9.17, 15) is 0 Å². The molecule has 0 amide bonds. The van der Waals surface area contributed by atoms with Crippen LogP contribution in [0.4, 0.5) is 105 Å². The van der Waals surface area contributed by atoms with Gasteiger partial charge in [-0.2, -0.15) is 59.8 Å². The number of aliphatic hydroxyl groups is 2. The van der Waals surface area contributed by atoms with Crippen LogP contribution in [0, 0.1) is 20.8 Å². The van der Waals surface area contributed by atoms with E-state index in [1.54, 1.807) is 20.2 Å². The van der Waals surface area contributed by atoms with Crippen molar-refractivity contribution in [2.75, 3.05) is 143 Å². The lowest BCUT2D eigenvalue weighted by molar-refractivity contribution is 0.197. The molecule has 0 spiro atoms. The molecule has 38 heteroatoms. The highest BCUT2D eigenvalue weighted by atomic mass is 16.5. The molecule has 38 nitrogen and oxygen atoms in total. The number of nitrogens with zero attached hydrogens (tertiary/aromatic N) is 12. The first kappa shape index (κ1) is 74.2. The lowest BCUT2D eigenvalue weighted by atomic mass is 10.2. The Kier molecular flexibility index (Phi) is 27.9. The number of nitrogens with two attached hydrogens (primary N) is 16. The second-order valence-corrected chi connectivity index (χ2v) is 19.5. The number of nitrogens with one attached hydrogen (secondary N) is 2. The number of aromatic nitrogens is 12. The number of hydrogen-bond acceptors (Lipinski definition) is 38. The van der Waals surface area contributed by atoms with Gasteiger partial charge in [0, 0.05) is 27.1 Å². The summed E-state index contributed by atoms with van der Waals surface area (Å²) in [7, 11) is 3.34. The van der Waals surface area contributed by atoms with E-state index >= 15 is 0 Å². The van der Waals surface area contributed by atoms with Gasteiger partial charge < -0.3 is 141 Å². The van der Waals surface area contributed by atoms with Crippen molar-refractivity contribution in [2.24, 2.45) is 0 Å². The maximum absolute atomic E-state index is 8.59. The van der Waals surface area contributed by atoms with E-state index in [1.165, 1.54) is 0 Å². The molecule has 6 aromatic heterocycles. The molecule has 0 radical (unpaired) electrons. The minimum Gasteiger partial charge on any atom is -0.476 e. The third-order valence-electron chi connectivity index (χ3n) is 12.0. The molecule has 0 fully saturated rings. The van der Waals surface area contributed by atoms with Gasteiger partial charge in [0.15, 0.2) is 34.9 Å². The van der Waals surface area contributed by atoms with Crippen molar-refractivity contribution in [1.82, 2.24) is 59.8 Å². The number of rotatable bonds is 18. The quantitative estimate of drug-likeness (QED) is 0.0548. The van der Waals surface area contributed by atoms with Gasteiger partial charge in [-0.3, -0.25) is 0 Å². The van der Waals surface area contributed by atoms with Crippen molar-refractivity contribution < 1.29 is 38.6 Å². The lowest BCUT2D eigenvalue weighted by Gasteiger charge is -2.10. The summed E-state index contributed by atoms with van der Waals surface area (Å²) in [5.41, 5.74) is 94.7. The Morgan fingerprint density at radius 1 is 0.351 bits per heavy atom. The van der Waals surface area contributed by atoms with E-state index in [4.69, 9.17) is 130 Å². The minimum atomic E-state index is -0.113. The van der Waals surface area contributed by atoms with E-state index in [1.807, 2.05) is 118 Å². The topological polar surface area (TPSA) is 691 Å². The highest BCUT2D eigenvalue weighted by Crippen LogP contribution is 2.34. The predicted octanol–water partition coefficient (Wildman–Crippen LogP) is 3.27. The van der Waals surface area contributed by atoms with Crippen molar-refractivity contribution in [3.8, 4) is 52.5 Å². The van der Waals surface area contributed by atoms with E-state index in [0.29, 0.717) is 54.2 Å². The van der Waals surface area contributed by atoms with Crippen molar-refractivity contribution in [3.63, 3.8) is 0 Å². The zero-order valence-electron chi connectivity index (χ0n) is 53.5. The molecule has 97 heavy (non-hydrogen) atoms. The summed E-state index contributed by atoms with van der Waals surface area (Å²) >= 11 is 0. The molecule has 10 rings (SSSR count). The zero-order chi connectivity index (χ0) is 71.3. The second-order valence-electron chi connectivity index (χ2n) is 19.5. The molecule has 0 bridgehead atoms. The fourth-order valence-corrected chi connectivity index (χ4v) is 7.19. The third kappa shape index (κ3) is 23.3. The fourth-order valence-electron chi connectivity index (χ4n) is 7.19. The van der Waals surface area contributed by atoms with Crippen LogP contribution in [0.3, 0.4) is 0 Å². The predicted molar refractivity (Wildman–Crippen MR) is 376 cm³/mol. The van der Waals surface area contributed by atoms with Gasteiger partial charge in [-0.25, -0.2) is 0 Å². The number of ether oxygens (including phenoxy) is 6. The fraction of sp³-hybridized carbons (Fsp3) is 0.186. The summed E-state index contributed by atoms with van der Waals surface area (Å²) in [6, 6.07) is 32.1. The van der Waals surface area contributed by atoms with Gasteiger partial charge in [-0.1, -0.05) is 78.4 Å². The molecule has 0 unspecified atom stereocenters. The van der Waals surface area contributed by atoms with Gasteiger partial charge in [0.1, 0.15) is 64.6 Å². The van der Waals surface area contributed by atoms with Crippen LogP contribution in [0.15, 0.2) is 103 Å². The molecule has 36 N–H and O–H groups in total. The normalized spacial score (nSPS) is 10.1. The Morgan fingerprint density at radius 2 is 0.753 bits per heavy atom. The lowest BCUT2D eigenvalue weighted by Crippen LogP contribution is -2.10. The zero-order valence-corrected chi connectivity index (χ0v) is 53.5. The maximum Gasteiger partial charge on any atom is 0.249 e. The van der Waals surface area contributed by atoms with Crippen molar-refractivity contribution in [2.45, 2.75) is 33.8 Å². The summed E-state index contributed by atoms with van der Waals surface area (Å²) in [6.45, 7) is 6.60. The molecule has 0 atom stereocenters. The first-order valence-electron chi connectivity index (χ1n) is 28.6. The van der Waals surface area contributed by atoms with Crippen molar-refractivity contribution >= 4 is 105 Å². The largest absolute Gasteiger partial charge is 0.476 e. The Labute approximate surface area is 555 Å². The number of nitrogen functional groups attached to an aromatic ring is 16. The Bertz CT molecular complexity index is 4170. The minimum absolute atomic E-state index is 0.0267. The summed E-state index contributed by atoms with van der Waals surface area (Å²) in [5, 5.41) is 22.7. The van der Waals surface area contributed by atoms with Gasteiger partial charge in [-0.15, -0.1) is 0 Å². The average molecular weight is 1340 g/mol. The number of benzene rings is 4. The number of aryl methyl sites for hydroxylation is 3. The molecule has 10 aromatic rings. The van der Waals surface area contributed by atoms with E-state index < -0.39 is 0 Å². The number of hydrogen-bond donors (Lipinski definition) is 20. The van der Waals surface area contributed by atoms with E-state index in [2.05, 4.69) is 70.4 Å². The molecule has 0 aliphatic rings. The maximum atomic E-state index is 8.59. The van der Waals surface area contributed by atoms with Crippen LogP contribution in [0.2, 0.25) is 0 Å². The van der Waals surface area contributed by atoms with Crippen LogP contribution in [0.25, 0.3) is 0 Å². The molecule has 4 aromatic carbocycles. The molecule has 0 aliphatic heterocycles. The summed E-state index contributed by atoms with van der Waals surface area (Å²) in [6.07, 6.45) is 0.512. The van der Waals surface area contributed by atoms with Crippen LogP contribution in [-0.4, -0.2) is 111 Å². The Balaban J connectivity index is 0.000000211. The highest BCUT2D eigenvalue weighted by Gasteiger charge is 2.16. The van der Waals surface area contributed by atoms with Crippen molar-refractivity contribution in [3.05, 3.63) is 125 Å². The third-order valence-corrected chi connectivity index (χ3v) is 12.0. The van der Waals surface area contributed by atoms with Gasteiger partial charge in [-0.05, 0) is 67.8 Å². The van der Waals surface area contributed by atoms with E-state index in [0.717, 1.165) is 22.3 Å². The van der Waals surface area contributed by atoms with E-state index in [-0.39, 0.29) is 142 Å². The van der Waals surface area contributed by atoms with Gasteiger partial charge in [0.2, 0.25) is 71.0 Å². The summed E-state index contributed by atoms with van der Waals surface area (Å²) < 4.78 is 32.3. The van der Waals surface area contributed by atoms with Crippen molar-refractivity contribution in [1.29, 1.82) is 0 Å². The number of para-hydroxylation sites is 1. The number of aliphatic hydroxyl groups excluding tert-OH is 2.